The number of H-pyrrole nitrogens is 2. The Morgan fingerprint density at radius 1 is 1.04 bits per heavy atom. The number of piperidine rings is 2. The van der Waals surface area contributed by atoms with Crippen LogP contribution in [0.15, 0.2) is 30.5 Å². The minimum absolute atomic E-state index is 0.480. The molecule has 6 heteroatoms. The Balaban J connectivity index is 1.38. The van der Waals surface area contributed by atoms with Crippen molar-refractivity contribution in [2.45, 2.75) is 37.5 Å². The Hall–Kier alpha value is -2.34. The number of aromatic nitrogens is 4. The van der Waals surface area contributed by atoms with E-state index in [9.17, 15) is 0 Å². The molecule has 0 radical (unpaired) electrons. The monoisotopic (exact) mass is 350 g/mol. The number of anilines is 1. The summed E-state index contributed by atoms with van der Waals surface area (Å²) in [4.78, 5) is 19.0. The largest absolute Gasteiger partial charge is 0.365 e. The molecule has 3 aromatic heterocycles. The fourth-order valence-electron chi connectivity index (χ4n) is 4.39. The summed E-state index contributed by atoms with van der Waals surface area (Å²) in [6.45, 7) is 4.22. The molecule has 2 atom stereocenters. The molecule has 2 aliphatic rings. The molecule has 2 aliphatic heterocycles. The molecule has 0 aromatic carbocycles. The lowest BCUT2D eigenvalue weighted by Crippen LogP contribution is -2.35. The standard InChI is InChI=1S/C20H26N6/c1-4-14(12-21-9-1)19-23-17-7-8-18(24-20(17)25-19)26-11-3-5-15(13-26)16-6-2-10-22-16/h2,6-8,10,14-15,21-22H,1,3-5,9,11-13H2,(H,23,24,25)/t14?,15-/m1/s1. The van der Waals surface area contributed by atoms with Crippen LogP contribution in [0.4, 0.5) is 5.82 Å². The third-order valence-corrected chi connectivity index (χ3v) is 5.84. The Morgan fingerprint density at radius 3 is 2.85 bits per heavy atom. The van der Waals surface area contributed by atoms with Gasteiger partial charge in [0.25, 0.3) is 0 Å². The first-order valence-electron chi connectivity index (χ1n) is 9.82. The molecule has 3 aromatic rings. The highest BCUT2D eigenvalue weighted by atomic mass is 15.2. The SMILES string of the molecule is c1c[nH]c([C@@H]2CCCN(c3ccc4[nH]c(C5CCCNC5)nc4n3)C2)c1. The third-order valence-electron chi connectivity index (χ3n) is 5.84. The van der Waals surface area contributed by atoms with E-state index in [-0.39, 0.29) is 0 Å². The van der Waals surface area contributed by atoms with Crippen LogP contribution in [0.3, 0.4) is 0 Å². The Labute approximate surface area is 153 Å². The zero-order valence-corrected chi connectivity index (χ0v) is 15.0. The molecule has 2 fully saturated rings. The molecule has 5 heterocycles. The molecule has 6 nitrogen and oxygen atoms in total. The van der Waals surface area contributed by atoms with Gasteiger partial charge in [0.05, 0.1) is 5.52 Å². The normalized spacial score (nSPS) is 24.2. The van der Waals surface area contributed by atoms with Crippen LogP contribution < -0.4 is 10.2 Å². The van der Waals surface area contributed by atoms with Crippen LogP contribution in [-0.2, 0) is 0 Å². The second-order valence-corrected chi connectivity index (χ2v) is 7.62. The van der Waals surface area contributed by atoms with Crippen LogP contribution in [0.2, 0.25) is 0 Å². The van der Waals surface area contributed by atoms with Crippen LogP contribution in [0.1, 0.15) is 49.0 Å². The Morgan fingerprint density at radius 2 is 2.00 bits per heavy atom. The molecule has 5 rings (SSSR count). The number of nitrogens with one attached hydrogen (secondary N) is 3. The van der Waals surface area contributed by atoms with Crippen molar-refractivity contribution in [3.8, 4) is 0 Å². The topological polar surface area (TPSA) is 72.6 Å². The summed E-state index contributed by atoms with van der Waals surface area (Å²) in [5.41, 5.74) is 3.24. The highest BCUT2D eigenvalue weighted by Crippen LogP contribution is 2.29. The molecule has 3 N–H and O–H groups in total. The van der Waals surface area contributed by atoms with Crippen LogP contribution in [0.25, 0.3) is 11.2 Å². The molecule has 1 unspecified atom stereocenters. The number of rotatable bonds is 3. The van der Waals surface area contributed by atoms with E-state index < -0.39 is 0 Å². The van der Waals surface area contributed by atoms with Crippen molar-refractivity contribution in [3.05, 3.63) is 42.0 Å². The minimum Gasteiger partial charge on any atom is -0.365 e. The van der Waals surface area contributed by atoms with Crippen molar-refractivity contribution in [2.75, 3.05) is 31.1 Å². The zero-order valence-electron chi connectivity index (χ0n) is 15.0. The number of aromatic amines is 2. The maximum atomic E-state index is 4.88. The van der Waals surface area contributed by atoms with Gasteiger partial charge in [-0.1, -0.05) is 0 Å². The number of hydrogen-bond donors (Lipinski definition) is 3. The second kappa shape index (κ2) is 6.76. The van der Waals surface area contributed by atoms with Crippen molar-refractivity contribution in [1.29, 1.82) is 0 Å². The van der Waals surface area contributed by atoms with E-state index >= 15 is 0 Å². The first-order valence-corrected chi connectivity index (χ1v) is 9.82. The van der Waals surface area contributed by atoms with Crippen LogP contribution in [-0.4, -0.2) is 46.1 Å². The maximum absolute atomic E-state index is 4.88. The summed E-state index contributed by atoms with van der Waals surface area (Å²) in [5.74, 6) is 3.17. The summed E-state index contributed by atoms with van der Waals surface area (Å²) < 4.78 is 0. The van der Waals surface area contributed by atoms with E-state index in [0.717, 1.165) is 49.0 Å². The summed E-state index contributed by atoms with van der Waals surface area (Å²) in [5, 5.41) is 3.47. The van der Waals surface area contributed by atoms with Crippen LogP contribution >= 0.6 is 0 Å². The van der Waals surface area contributed by atoms with Crippen LogP contribution in [0.5, 0.6) is 0 Å². The number of pyridine rings is 1. The molecular formula is C20H26N6. The van der Waals surface area contributed by atoms with E-state index in [4.69, 9.17) is 9.97 Å². The first kappa shape index (κ1) is 15.9. The van der Waals surface area contributed by atoms with E-state index in [0.29, 0.717) is 11.8 Å². The van der Waals surface area contributed by atoms with E-state index in [2.05, 4.69) is 44.5 Å². The number of hydrogen-bond acceptors (Lipinski definition) is 4. The molecule has 0 aliphatic carbocycles. The molecule has 2 saturated heterocycles. The number of fused-ring (bicyclic) bond motifs is 1. The fraction of sp³-hybridized carbons (Fsp3) is 0.500. The van der Waals surface area contributed by atoms with Crippen LogP contribution in [0, 0.1) is 0 Å². The summed E-state index contributed by atoms with van der Waals surface area (Å²) in [6, 6.07) is 8.57. The quantitative estimate of drug-likeness (QED) is 0.678. The Bertz CT molecular complexity index is 862. The van der Waals surface area contributed by atoms with Crippen molar-refractivity contribution in [2.24, 2.45) is 0 Å². The van der Waals surface area contributed by atoms with Gasteiger partial charge in [0, 0.05) is 43.4 Å². The molecular weight excluding hydrogens is 324 g/mol. The maximum Gasteiger partial charge on any atom is 0.179 e. The smallest absolute Gasteiger partial charge is 0.179 e. The van der Waals surface area contributed by atoms with Gasteiger partial charge in [0.15, 0.2) is 5.65 Å². The van der Waals surface area contributed by atoms with E-state index in [1.165, 1.54) is 31.4 Å². The van der Waals surface area contributed by atoms with Crippen molar-refractivity contribution < 1.29 is 0 Å². The average molecular weight is 350 g/mol. The highest BCUT2D eigenvalue weighted by molar-refractivity contribution is 5.73. The Kier molecular flexibility index (Phi) is 4.13. The molecule has 136 valence electrons. The summed E-state index contributed by atoms with van der Waals surface area (Å²) in [6.07, 6.45) is 6.87. The highest BCUT2D eigenvalue weighted by Gasteiger charge is 2.24. The van der Waals surface area contributed by atoms with Gasteiger partial charge in [-0.3, -0.25) is 0 Å². The van der Waals surface area contributed by atoms with Gasteiger partial charge in [-0.25, -0.2) is 9.97 Å². The van der Waals surface area contributed by atoms with Crippen molar-refractivity contribution in [3.63, 3.8) is 0 Å². The first-order chi connectivity index (χ1) is 12.9. The van der Waals surface area contributed by atoms with Gasteiger partial charge in [-0.15, -0.1) is 0 Å². The predicted molar refractivity (Wildman–Crippen MR) is 104 cm³/mol. The predicted octanol–water partition coefficient (Wildman–Crippen LogP) is 3.14. The van der Waals surface area contributed by atoms with Gasteiger partial charge >= 0.3 is 0 Å². The lowest BCUT2D eigenvalue weighted by Gasteiger charge is -2.33. The van der Waals surface area contributed by atoms with E-state index in [1.54, 1.807) is 0 Å². The van der Waals surface area contributed by atoms with Gasteiger partial charge in [0.1, 0.15) is 11.6 Å². The number of nitrogens with zero attached hydrogens (tertiary/aromatic N) is 3. The van der Waals surface area contributed by atoms with Crippen molar-refractivity contribution in [1.82, 2.24) is 25.3 Å². The lowest BCUT2D eigenvalue weighted by molar-refractivity contribution is 0.449. The molecule has 0 spiro atoms. The molecule has 0 amide bonds. The molecule has 26 heavy (non-hydrogen) atoms. The van der Waals surface area contributed by atoms with E-state index in [1.807, 2.05) is 6.20 Å². The lowest BCUT2D eigenvalue weighted by atomic mass is 9.95. The molecule has 0 saturated carbocycles. The van der Waals surface area contributed by atoms with Gasteiger partial charge in [-0.2, -0.15) is 0 Å². The van der Waals surface area contributed by atoms with Gasteiger partial charge < -0.3 is 20.2 Å². The second-order valence-electron chi connectivity index (χ2n) is 7.62. The number of imidazole rings is 1. The third kappa shape index (κ3) is 2.98. The minimum atomic E-state index is 0.480. The zero-order chi connectivity index (χ0) is 17.3. The van der Waals surface area contributed by atoms with Gasteiger partial charge in [0.2, 0.25) is 0 Å². The summed E-state index contributed by atoms with van der Waals surface area (Å²) in [7, 11) is 0. The average Bonchev–Trinajstić information content (AvgIpc) is 3.38. The fourth-order valence-corrected chi connectivity index (χ4v) is 4.39. The summed E-state index contributed by atoms with van der Waals surface area (Å²) >= 11 is 0. The van der Waals surface area contributed by atoms with Crippen molar-refractivity contribution >= 4 is 17.0 Å². The van der Waals surface area contributed by atoms with Gasteiger partial charge in [-0.05, 0) is 56.5 Å². The molecule has 0 bridgehead atoms.